The maximum atomic E-state index is 5.73. The molecule has 19 heavy (non-hydrogen) atoms. The van der Waals surface area contributed by atoms with Crippen LogP contribution in [-0.2, 0) is 19.3 Å². The number of aromatic nitrogens is 1. The molecular formula is C16H19N3. The first-order valence-electron chi connectivity index (χ1n) is 6.83. The Morgan fingerprint density at radius 1 is 1.11 bits per heavy atom. The summed E-state index contributed by atoms with van der Waals surface area (Å²) in [4.78, 5) is 4.05. The molecule has 3 N–H and O–H groups in total. The molecule has 3 heteroatoms. The van der Waals surface area contributed by atoms with Gasteiger partial charge in [-0.1, -0.05) is 18.2 Å². The Morgan fingerprint density at radius 3 is 2.68 bits per heavy atom. The zero-order valence-electron chi connectivity index (χ0n) is 11.0. The van der Waals surface area contributed by atoms with E-state index in [1.54, 1.807) is 0 Å². The molecule has 1 atom stereocenters. The minimum atomic E-state index is 0.160. The van der Waals surface area contributed by atoms with Crippen LogP contribution in [0.5, 0.6) is 0 Å². The largest absolute Gasteiger partial charge is 0.271 e. The molecule has 0 saturated carbocycles. The number of nitrogens with one attached hydrogen (secondary N) is 1. The maximum absolute atomic E-state index is 5.73. The highest BCUT2D eigenvalue weighted by Gasteiger charge is 2.15. The lowest BCUT2D eigenvalue weighted by Crippen LogP contribution is -2.29. The number of pyridine rings is 1. The number of hydrogen-bond donors (Lipinski definition) is 2. The SMILES string of the molecule is NNC(Cc1ccncc1)c1ccc2c(c1)CCC2. The number of aryl methyl sites for hydroxylation is 2. The van der Waals surface area contributed by atoms with Crippen molar-refractivity contribution in [3.8, 4) is 0 Å². The van der Waals surface area contributed by atoms with Crippen LogP contribution in [0.15, 0.2) is 42.7 Å². The van der Waals surface area contributed by atoms with Gasteiger partial charge in [0, 0.05) is 18.4 Å². The van der Waals surface area contributed by atoms with Crippen molar-refractivity contribution >= 4 is 0 Å². The number of rotatable bonds is 4. The lowest BCUT2D eigenvalue weighted by Gasteiger charge is -2.17. The third-order valence-corrected chi connectivity index (χ3v) is 3.92. The van der Waals surface area contributed by atoms with Crippen molar-refractivity contribution < 1.29 is 0 Å². The fourth-order valence-corrected chi connectivity index (χ4v) is 2.84. The average molecular weight is 253 g/mol. The van der Waals surface area contributed by atoms with Crippen LogP contribution in [0.3, 0.4) is 0 Å². The third kappa shape index (κ3) is 2.67. The fraction of sp³-hybridized carbons (Fsp3) is 0.312. The van der Waals surface area contributed by atoms with Gasteiger partial charge in [-0.15, -0.1) is 0 Å². The minimum Gasteiger partial charge on any atom is -0.271 e. The molecule has 0 bridgehead atoms. The molecule has 3 nitrogen and oxygen atoms in total. The van der Waals surface area contributed by atoms with Gasteiger partial charge in [0.25, 0.3) is 0 Å². The molecule has 0 aliphatic heterocycles. The standard InChI is InChI=1S/C16H19N3/c17-19-16(10-12-6-8-18-9-7-12)15-5-4-13-2-1-3-14(13)11-15/h4-9,11,16,19H,1-3,10,17H2. The van der Waals surface area contributed by atoms with E-state index >= 15 is 0 Å². The molecule has 0 fully saturated rings. The summed E-state index contributed by atoms with van der Waals surface area (Å²) in [6.07, 6.45) is 8.25. The summed E-state index contributed by atoms with van der Waals surface area (Å²) in [6.45, 7) is 0. The molecule has 2 aromatic rings. The zero-order valence-corrected chi connectivity index (χ0v) is 11.0. The average Bonchev–Trinajstić information content (AvgIpc) is 2.93. The van der Waals surface area contributed by atoms with Crippen molar-refractivity contribution in [1.29, 1.82) is 0 Å². The van der Waals surface area contributed by atoms with Gasteiger partial charge in [-0.2, -0.15) is 0 Å². The number of benzene rings is 1. The van der Waals surface area contributed by atoms with Crippen molar-refractivity contribution in [2.75, 3.05) is 0 Å². The van der Waals surface area contributed by atoms with E-state index in [4.69, 9.17) is 5.84 Å². The molecule has 0 spiro atoms. The van der Waals surface area contributed by atoms with Crippen LogP contribution in [-0.4, -0.2) is 4.98 Å². The number of nitrogens with two attached hydrogens (primary N) is 1. The summed E-state index contributed by atoms with van der Waals surface area (Å²) in [5.41, 5.74) is 8.46. The fourth-order valence-electron chi connectivity index (χ4n) is 2.84. The van der Waals surface area contributed by atoms with E-state index < -0.39 is 0 Å². The highest BCUT2D eigenvalue weighted by atomic mass is 15.2. The van der Waals surface area contributed by atoms with E-state index in [1.165, 1.54) is 41.5 Å². The molecule has 0 radical (unpaired) electrons. The van der Waals surface area contributed by atoms with Crippen molar-refractivity contribution in [2.24, 2.45) is 5.84 Å². The minimum absolute atomic E-state index is 0.160. The molecule has 0 saturated heterocycles. The molecular weight excluding hydrogens is 234 g/mol. The molecule has 98 valence electrons. The molecule has 1 aliphatic rings. The van der Waals surface area contributed by atoms with Gasteiger partial charge >= 0.3 is 0 Å². The first kappa shape index (κ1) is 12.3. The normalized spacial score (nSPS) is 15.2. The topological polar surface area (TPSA) is 50.9 Å². The van der Waals surface area contributed by atoms with Crippen LogP contribution >= 0.6 is 0 Å². The van der Waals surface area contributed by atoms with Gasteiger partial charge in [-0.25, -0.2) is 0 Å². The van der Waals surface area contributed by atoms with Crippen LogP contribution in [0, 0.1) is 0 Å². The van der Waals surface area contributed by atoms with E-state index in [9.17, 15) is 0 Å². The summed E-state index contributed by atoms with van der Waals surface area (Å²) >= 11 is 0. The predicted octanol–water partition coefficient (Wildman–Crippen LogP) is 2.32. The van der Waals surface area contributed by atoms with Gasteiger partial charge in [0.15, 0.2) is 0 Å². The summed E-state index contributed by atoms with van der Waals surface area (Å²) in [5.74, 6) is 5.73. The van der Waals surface area contributed by atoms with Gasteiger partial charge in [0.1, 0.15) is 0 Å². The summed E-state index contributed by atoms with van der Waals surface area (Å²) < 4.78 is 0. The number of fused-ring (bicyclic) bond motifs is 1. The summed E-state index contributed by atoms with van der Waals surface area (Å²) in [5, 5.41) is 0. The van der Waals surface area contributed by atoms with E-state index in [1.807, 2.05) is 24.5 Å². The van der Waals surface area contributed by atoms with Crippen molar-refractivity contribution in [2.45, 2.75) is 31.7 Å². The first-order valence-corrected chi connectivity index (χ1v) is 6.83. The van der Waals surface area contributed by atoms with E-state index in [0.29, 0.717) is 0 Å². The number of hydrogen-bond acceptors (Lipinski definition) is 3. The molecule has 3 rings (SSSR count). The Hall–Kier alpha value is -1.71. The first-order chi connectivity index (χ1) is 9.36. The highest BCUT2D eigenvalue weighted by molar-refractivity contribution is 5.37. The summed E-state index contributed by atoms with van der Waals surface area (Å²) in [7, 11) is 0. The van der Waals surface area contributed by atoms with Crippen molar-refractivity contribution in [1.82, 2.24) is 10.4 Å². The second-order valence-electron chi connectivity index (χ2n) is 5.16. The molecule has 0 amide bonds. The molecule has 1 unspecified atom stereocenters. The second kappa shape index (κ2) is 5.51. The molecule has 1 aromatic heterocycles. The van der Waals surface area contributed by atoms with Crippen LogP contribution in [0.2, 0.25) is 0 Å². The quantitative estimate of drug-likeness (QED) is 0.649. The Morgan fingerprint density at radius 2 is 1.89 bits per heavy atom. The van der Waals surface area contributed by atoms with Crippen molar-refractivity contribution in [3.05, 3.63) is 65.0 Å². The van der Waals surface area contributed by atoms with Gasteiger partial charge in [-0.3, -0.25) is 16.3 Å². The molecule has 1 aliphatic carbocycles. The third-order valence-electron chi connectivity index (χ3n) is 3.92. The van der Waals surface area contributed by atoms with Gasteiger partial charge < -0.3 is 0 Å². The Kier molecular flexibility index (Phi) is 3.58. The highest BCUT2D eigenvalue weighted by Crippen LogP contribution is 2.26. The zero-order chi connectivity index (χ0) is 13.1. The second-order valence-corrected chi connectivity index (χ2v) is 5.16. The predicted molar refractivity (Wildman–Crippen MR) is 76.5 cm³/mol. The van der Waals surface area contributed by atoms with Gasteiger partial charge in [0.2, 0.25) is 0 Å². The summed E-state index contributed by atoms with van der Waals surface area (Å²) in [6, 6.07) is 11.0. The van der Waals surface area contributed by atoms with E-state index in [2.05, 4.69) is 28.6 Å². The monoisotopic (exact) mass is 253 g/mol. The van der Waals surface area contributed by atoms with Gasteiger partial charge in [-0.05, 0) is 60.1 Å². The lowest BCUT2D eigenvalue weighted by atomic mass is 9.97. The van der Waals surface area contributed by atoms with Crippen molar-refractivity contribution in [3.63, 3.8) is 0 Å². The van der Waals surface area contributed by atoms with E-state index in [0.717, 1.165) is 6.42 Å². The van der Waals surface area contributed by atoms with Gasteiger partial charge in [0.05, 0.1) is 0 Å². The smallest absolute Gasteiger partial charge is 0.0500 e. The Labute approximate surface area is 113 Å². The van der Waals surface area contributed by atoms with Crippen LogP contribution < -0.4 is 11.3 Å². The van der Waals surface area contributed by atoms with E-state index in [-0.39, 0.29) is 6.04 Å². The van der Waals surface area contributed by atoms with Crippen LogP contribution in [0.4, 0.5) is 0 Å². The Bertz CT molecular complexity index is 551. The maximum Gasteiger partial charge on any atom is 0.0500 e. The Balaban J connectivity index is 1.82. The van der Waals surface area contributed by atoms with Crippen LogP contribution in [0.1, 0.15) is 34.7 Å². The molecule has 1 aromatic carbocycles. The van der Waals surface area contributed by atoms with Crippen LogP contribution in [0.25, 0.3) is 0 Å². The number of nitrogens with zero attached hydrogens (tertiary/aromatic N) is 1. The number of hydrazine groups is 1. The lowest BCUT2D eigenvalue weighted by molar-refractivity contribution is 0.551. The molecule has 1 heterocycles.